The third-order valence-electron chi connectivity index (χ3n) is 2.91. The summed E-state index contributed by atoms with van der Waals surface area (Å²) in [6, 6.07) is 17.2. The normalized spacial score (nSPS) is 12.1. The zero-order valence-electron chi connectivity index (χ0n) is 12.3. The monoisotopic (exact) mass is 298 g/mol. The van der Waals surface area contributed by atoms with Crippen LogP contribution in [-0.2, 0) is 11.4 Å². The van der Waals surface area contributed by atoms with E-state index in [9.17, 15) is 4.79 Å². The van der Waals surface area contributed by atoms with Gasteiger partial charge in [-0.2, -0.15) is 5.10 Å². The first-order chi connectivity index (χ1) is 10.7. The molecular formula is C17H18N2O3. The van der Waals surface area contributed by atoms with E-state index in [4.69, 9.17) is 9.84 Å². The number of para-hydroxylation sites is 1. The maximum atomic E-state index is 11.2. The van der Waals surface area contributed by atoms with Crippen molar-refractivity contribution < 1.29 is 14.6 Å². The summed E-state index contributed by atoms with van der Waals surface area (Å²) in [7, 11) is 0. The van der Waals surface area contributed by atoms with Gasteiger partial charge in [0.25, 0.3) is 5.91 Å². The van der Waals surface area contributed by atoms with Crippen molar-refractivity contribution >= 4 is 12.1 Å². The second-order valence-corrected chi connectivity index (χ2v) is 4.72. The largest absolute Gasteiger partial charge is 0.488 e. The molecule has 2 N–H and O–H groups in total. The third-order valence-corrected chi connectivity index (χ3v) is 2.91. The van der Waals surface area contributed by atoms with Gasteiger partial charge in [-0.05, 0) is 24.6 Å². The number of aliphatic hydroxyl groups is 1. The van der Waals surface area contributed by atoms with Crippen LogP contribution in [0.15, 0.2) is 59.7 Å². The quantitative estimate of drug-likeness (QED) is 0.634. The molecule has 1 amide bonds. The van der Waals surface area contributed by atoms with Crippen LogP contribution in [0.5, 0.6) is 5.75 Å². The van der Waals surface area contributed by atoms with Crippen molar-refractivity contribution in [3.63, 3.8) is 0 Å². The van der Waals surface area contributed by atoms with Gasteiger partial charge in [0, 0.05) is 5.56 Å². The van der Waals surface area contributed by atoms with Crippen LogP contribution in [0.25, 0.3) is 0 Å². The Morgan fingerprint density at radius 1 is 1.23 bits per heavy atom. The number of ether oxygens (including phenoxy) is 1. The summed E-state index contributed by atoms with van der Waals surface area (Å²) < 4.78 is 5.77. The van der Waals surface area contributed by atoms with E-state index < -0.39 is 12.0 Å². The van der Waals surface area contributed by atoms with E-state index in [0.29, 0.717) is 12.4 Å². The van der Waals surface area contributed by atoms with Crippen molar-refractivity contribution in [3.05, 3.63) is 65.7 Å². The van der Waals surface area contributed by atoms with Gasteiger partial charge >= 0.3 is 0 Å². The standard InChI is InChI=1S/C17H18N2O3/c1-13(20)17(21)19-18-11-15-9-5-6-10-16(15)22-12-14-7-3-2-4-8-14/h2-11,13,20H,12H2,1H3,(H,19,21)/b18-11-/t13-/m0/s1. The lowest BCUT2D eigenvalue weighted by atomic mass is 10.2. The Morgan fingerprint density at radius 3 is 2.64 bits per heavy atom. The Labute approximate surface area is 129 Å². The second kappa shape index (κ2) is 7.95. The lowest BCUT2D eigenvalue weighted by Gasteiger charge is -2.09. The zero-order valence-corrected chi connectivity index (χ0v) is 12.3. The number of nitrogens with one attached hydrogen (secondary N) is 1. The fourth-order valence-corrected chi connectivity index (χ4v) is 1.71. The molecule has 2 rings (SSSR count). The van der Waals surface area contributed by atoms with Gasteiger partial charge in [0.05, 0.1) is 6.21 Å². The average molecular weight is 298 g/mol. The lowest BCUT2D eigenvalue weighted by Crippen LogP contribution is -2.28. The molecule has 1 atom stereocenters. The number of hydrogen-bond donors (Lipinski definition) is 2. The molecule has 2 aromatic carbocycles. The lowest BCUT2D eigenvalue weighted by molar-refractivity contribution is -0.128. The fraction of sp³-hybridized carbons (Fsp3) is 0.176. The molecule has 22 heavy (non-hydrogen) atoms. The second-order valence-electron chi connectivity index (χ2n) is 4.72. The van der Waals surface area contributed by atoms with Gasteiger partial charge in [0.2, 0.25) is 0 Å². The van der Waals surface area contributed by atoms with E-state index in [0.717, 1.165) is 11.1 Å². The molecule has 0 spiro atoms. The summed E-state index contributed by atoms with van der Waals surface area (Å²) in [5.41, 5.74) is 4.06. The summed E-state index contributed by atoms with van der Waals surface area (Å²) in [5, 5.41) is 12.9. The van der Waals surface area contributed by atoms with E-state index >= 15 is 0 Å². The predicted molar refractivity (Wildman–Crippen MR) is 84.6 cm³/mol. The number of aliphatic hydroxyl groups excluding tert-OH is 1. The molecule has 114 valence electrons. The molecule has 2 aromatic rings. The van der Waals surface area contributed by atoms with Gasteiger partial charge in [-0.3, -0.25) is 4.79 Å². The van der Waals surface area contributed by atoms with Crippen LogP contribution in [0.2, 0.25) is 0 Å². The van der Waals surface area contributed by atoms with Crippen LogP contribution in [0.1, 0.15) is 18.1 Å². The first kappa shape index (κ1) is 15.7. The minimum absolute atomic E-state index is 0.450. The minimum Gasteiger partial charge on any atom is -0.488 e. The number of hydrazone groups is 1. The molecule has 0 unspecified atom stereocenters. The summed E-state index contributed by atoms with van der Waals surface area (Å²) in [6.07, 6.45) is 0.391. The molecule has 0 heterocycles. The van der Waals surface area contributed by atoms with E-state index in [1.54, 1.807) is 0 Å². The number of hydrogen-bond acceptors (Lipinski definition) is 4. The number of rotatable bonds is 6. The number of nitrogens with zero attached hydrogens (tertiary/aromatic N) is 1. The molecule has 5 heteroatoms. The fourth-order valence-electron chi connectivity index (χ4n) is 1.71. The Morgan fingerprint density at radius 2 is 1.91 bits per heavy atom. The Hall–Kier alpha value is -2.66. The van der Waals surface area contributed by atoms with Crippen LogP contribution in [-0.4, -0.2) is 23.3 Å². The highest BCUT2D eigenvalue weighted by molar-refractivity contribution is 5.86. The number of benzene rings is 2. The highest BCUT2D eigenvalue weighted by atomic mass is 16.5. The summed E-state index contributed by atoms with van der Waals surface area (Å²) in [5.74, 6) is 0.111. The molecule has 0 saturated heterocycles. The summed E-state index contributed by atoms with van der Waals surface area (Å²) in [4.78, 5) is 11.2. The van der Waals surface area contributed by atoms with Crippen molar-refractivity contribution in [2.24, 2.45) is 5.10 Å². The maximum Gasteiger partial charge on any atom is 0.268 e. The van der Waals surface area contributed by atoms with Crippen LogP contribution in [0.3, 0.4) is 0 Å². The van der Waals surface area contributed by atoms with E-state index in [1.807, 2.05) is 54.6 Å². The molecule has 0 aromatic heterocycles. The van der Waals surface area contributed by atoms with Crippen molar-refractivity contribution in [2.45, 2.75) is 19.6 Å². The van der Waals surface area contributed by atoms with Crippen LogP contribution < -0.4 is 10.2 Å². The van der Waals surface area contributed by atoms with Gasteiger partial charge in [0.1, 0.15) is 18.5 Å². The number of carbonyl (C=O) groups excluding carboxylic acids is 1. The van der Waals surface area contributed by atoms with Crippen molar-refractivity contribution in [3.8, 4) is 5.75 Å². The average Bonchev–Trinajstić information content (AvgIpc) is 2.54. The van der Waals surface area contributed by atoms with E-state index in [-0.39, 0.29) is 0 Å². The highest BCUT2D eigenvalue weighted by Gasteiger charge is 2.06. The molecule has 0 bridgehead atoms. The third kappa shape index (κ3) is 4.71. The predicted octanol–water partition coefficient (Wildman–Crippen LogP) is 2.10. The molecule has 0 fully saturated rings. The van der Waals surface area contributed by atoms with Gasteiger partial charge in [-0.25, -0.2) is 5.43 Å². The van der Waals surface area contributed by atoms with Gasteiger partial charge in [-0.15, -0.1) is 0 Å². The first-order valence-electron chi connectivity index (χ1n) is 6.93. The Kier molecular flexibility index (Phi) is 5.68. The molecular weight excluding hydrogens is 280 g/mol. The van der Waals surface area contributed by atoms with Crippen LogP contribution in [0, 0.1) is 0 Å². The molecule has 0 aliphatic carbocycles. The Balaban J connectivity index is 2.00. The van der Waals surface area contributed by atoms with Gasteiger partial charge in [0.15, 0.2) is 0 Å². The van der Waals surface area contributed by atoms with Gasteiger partial charge < -0.3 is 9.84 Å². The molecule has 0 radical (unpaired) electrons. The molecule has 0 aliphatic rings. The SMILES string of the molecule is C[C@H](O)C(=O)N/N=C\c1ccccc1OCc1ccccc1. The van der Waals surface area contributed by atoms with Crippen molar-refractivity contribution in [1.82, 2.24) is 5.43 Å². The number of amides is 1. The highest BCUT2D eigenvalue weighted by Crippen LogP contribution is 2.17. The minimum atomic E-state index is -1.10. The molecule has 5 nitrogen and oxygen atoms in total. The molecule has 0 saturated carbocycles. The van der Waals surface area contributed by atoms with Crippen molar-refractivity contribution in [2.75, 3.05) is 0 Å². The maximum absolute atomic E-state index is 11.2. The smallest absolute Gasteiger partial charge is 0.268 e. The number of carbonyl (C=O) groups is 1. The molecule has 0 aliphatic heterocycles. The topological polar surface area (TPSA) is 70.9 Å². The van der Waals surface area contributed by atoms with E-state index in [2.05, 4.69) is 10.5 Å². The first-order valence-corrected chi connectivity index (χ1v) is 6.93. The van der Waals surface area contributed by atoms with Gasteiger partial charge in [-0.1, -0.05) is 42.5 Å². The summed E-state index contributed by atoms with van der Waals surface area (Å²) >= 11 is 0. The van der Waals surface area contributed by atoms with Crippen LogP contribution >= 0.6 is 0 Å². The summed E-state index contributed by atoms with van der Waals surface area (Å²) in [6.45, 7) is 1.83. The van der Waals surface area contributed by atoms with Crippen molar-refractivity contribution in [1.29, 1.82) is 0 Å². The zero-order chi connectivity index (χ0) is 15.8. The Bertz CT molecular complexity index is 639. The van der Waals surface area contributed by atoms with E-state index in [1.165, 1.54) is 13.1 Å². The van der Waals surface area contributed by atoms with Crippen LogP contribution in [0.4, 0.5) is 0 Å².